The van der Waals surface area contributed by atoms with E-state index in [0.29, 0.717) is 19.0 Å². The second kappa shape index (κ2) is 9.19. The van der Waals surface area contributed by atoms with Gasteiger partial charge in [0.1, 0.15) is 0 Å². The molecule has 0 saturated heterocycles. The Hall–Kier alpha value is -0.810. The Morgan fingerprint density at radius 3 is 2.45 bits per heavy atom. The fourth-order valence-electron chi connectivity index (χ4n) is 2.56. The Morgan fingerprint density at radius 2 is 2.00 bits per heavy atom. The first kappa shape index (κ1) is 19.2. The lowest BCUT2D eigenvalue weighted by molar-refractivity contribution is -0.142. The standard InChI is InChI=1S/C14H26N2O3.ClH/c1-10(2)9-16(7-6-13(17)19-3)14(18)11-4-5-12(15)8-11;/h10-12H,4-9,15H2,1-3H3;1H. The zero-order chi connectivity index (χ0) is 14.4. The zero-order valence-electron chi connectivity index (χ0n) is 12.6. The first-order valence-corrected chi connectivity index (χ1v) is 7.05. The molecule has 1 rings (SSSR count). The van der Waals surface area contributed by atoms with Gasteiger partial charge in [0.05, 0.1) is 13.5 Å². The molecule has 0 aromatic rings. The highest BCUT2D eigenvalue weighted by atomic mass is 35.5. The minimum absolute atomic E-state index is 0. The van der Waals surface area contributed by atoms with Crippen LogP contribution in [0.15, 0.2) is 0 Å². The third kappa shape index (κ3) is 6.09. The van der Waals surface area contributed by atoms with Crippen LogP contribution in [-0.4, -0.2) is 43.0 Å². The maximum absolute atomic E-state index is 12.4. The highest BCUT2D eigenvalue weighted by Gasteiger charge is 2.31. The minimum Gasteiger partial charge on any atom is -0.469 e. The Labute approximate surface area is 127 Å². The number of carbonyl (C=O) groups is 2. The molecule has 1 aliphatic rings. The van der Waals surface area contributed by atoms with Gasteiger partial charge in [0.2, 0.25) is 5.91 Å². The zero-order valence-corrected chi connectivity index (χ0v) is 13.4. The van der Waals surface area contributed by atoms with Crippen molar-refractivity contribution in [3.8, 4) is 0 Å². The molecule has 2 unspecified atom stereocenters. The quantitative estimate of drug-likeness (QED) is 0.756. The van der Waals surface area contributed by atoms with Crippen LogP contribution in [0.2, 0.25) is 0 Å². The largest absolute Gasteiger partial charge is 0.469 e. The first-order chi connectivity index (χ1) is 8.93. The summed E-state index contributed by atoms with van der Waals surface area (Å²) in [5, 5.41) is 0. The average molecular weight is 307 g/mol. The smallest absolute Gasteiger partial charge is 0.307 e. The SMILES string of the molecule is COC(=O)CCN(CC(C)C)C(=O)C1CCC(N)C1.Cl. The number of nitrogens with two attached hydrogens (primary N) is 1. The number of carbonyl (C=O) groups excluding carboxylic acids is 2. The molecule has 0 aromatic carbocycles. The molecule has 2 N–H and O–H groups in total. The molecule has 5 nitrogen and oxygen atoms in total. The minimum atomic E-state index is -0.273. The van der Waals surface area contributed by atoms with E-state index in [0.717, 1.165) is 19.3 Å². The summed E-state index contributed by atoms with van der Waals surface area (Å²) in [6, 6.07) is 0.149. The number of halogens is 1. The van der Waals surface area contributed by atoms with Crippen molar-refractivity contribution in [3.05, 3.63) is 0 Å². The van der Waals surface area contributed by atoms with Gasteiger partial charge in [-0.2, -0.15) is 0 Å². The van der Waals surface area contributed by atoms with Crippen LogP contribution in [0.5, 0.6) is 0 Å². The number of methoxy groups -OCH3 is 1. The van der Waals surface area contributed by atoms with Crippen molar-refractivity contribution in [1.29, 1.82) is 0 Å². The third-order valence-electron chi connectivity index (χ3n) is 3.53. The highest BCUT2D eigenvalue weighted by molar-refractivity contribution is 5.85. The molecular weight excluding hydrogens is 280 g/mol. The number of hydrogen-bond acceptors (Lipinski definition) is 4. The van der Waals surface area contributed by atoms with Gasteiger partial charge in [0.15, 0.2) is 0 Å². The lowest BCUT2D eigenvalue weighted by Gasteiger charge is -2.27. The van der Waals surface area contributed by atoms with Crippen molar-refractivity contribution >= 4 is 24.3 Å². The maximum Gasteiger partial charge on any atom is 0.307 e. The van der Waals surface area contributed by atoms with Crippen molar-refractivity contribution in [2.24, 2.45) is 17.6 Å². The molecule has 1 aliphatic carbocycles. The molecule has 0 aliphatic heterocycles. The van der Waals surface area contributed by atoms with Crippen LogP contribution in [0, 0.1) is 11.8 Å². The van der Waals surface area contributed by atoms with Gasteiger partial charge in [-0.3, -0.25) is 9.59 Å². The summed E-state index contributed by atoms with van der Waals surface area (Å²) in [5.74, 6) is 0.290. The molecule has 0 spiro atoms. The highest BCUT2D eigenvalue weighted by Crippen LogP contribution is 2.26. The van der Waals surface area contributed by atoms with E-state index in [1.807, 2.05) is 0 Å². The van der Waals surface area contributed by atoms with Crippen LogP contribution in [0.3, 0.4) is 0 Å². The lowest BCUT2D eigenvalue weighted by atomic mass is 10.0. The summed E-state index contributed by atoms with van der Waals surface area (Å²) < 4.78 is 4.63. The van der Waals surface area contributed by atoms with Gasteiger partial charge in [-0.05, 0) is 25.2 Å². The van der Waals surface area contributed by atoms with Crippen molar-refractivity contribution < 1.29 is 14.3 Å². The molecule has 0 heterocycles. The molecule has 20 heavy (non-hydrogen) atoms. The number of esters is 1. The summed E-state index contributed by atoms with van der Waals surface area (Å²) in [7, 11) is 1.37. The van der Waals surface area contributed by atoms with Gasteiger partial charge in [0, 0.05) is 25.0 Å². The molecule has 1 saturated carbocycles. The maximum atomic E-state index is 12.4. The summed E-state index contributed by atoms with van der Waals surface area (Å²) in [4.78, 5) is 25.5. The fraction of sp³-hybridized carbons (Fsp3) is 0.857. The Balaban J connectivity index is 0.00000361. The van der Waals surface area contributed by atoms with Gasteiger partial charge in [-0.1, -0.05) is 13.8 Å². The van der Waals surface area contributed by atoms with Gasteiger partial charge >= 0.3 is 5.97 Å². The van der Waals surface area contributed by atoms with Crippen LogP contribution in [0.4, 0.5) is 0 Å². The van der Waals surface area contributed by atoms with Crippen molar-refractivity contribution in [2.75, 3.05) is 20.2 Å². The summed E-state index contributed by atoms with van der Waals surface area (Å²) in [5.41, 5.74) is 5.86. The number of ether oxygens (including phenoxy) is 1. The number of rotatable bonds is 6. The monoisotopic (exact) mass is 306 g/mol. The Bertz CT molecular complexity index is 324. The predicted octanol–water partition coefficient (Wildman–Crippen LogP) is 1.58. The van der Waals surface area contributed by atoms with Gasteiger partial charge < -0.3 is 15.4 Å². The molecule has 1 fully saturated rings. The van der Waals surface area contributed by atoms with E-state index in [9.17, 15) is 9.59 Å². The average Bonchev–Trinajstić information content (AvgIpc) is 2.79. The lowest BCUT2D eigenvalue weighted by Crippen LogP contribution is -2.39. The van der Waals surface area contributed by atoms with E-state index in [1.54, 1.807) is 4.90 Å². The molecule has 6 heteroatoms. The van der Waals surface area contributed by atoms with Crippen LogP contribution in [0.25, 0.3) is 0 Å². The molecule has 0 bridgehead atoms. The first-order valence-electron chi connectivity index (χ1n) is 7.05. The van der Waals surface area contributed by atoms with Gasteiger partial charge in [0.25, 0.3) is 0 Å². The molecule has 2 atom stereocenters. The summed E-state index contributed by atoms with van der Waals surface area (Å²) in [6.07, 6.45) is 2.81. The topological polar surface area (TPSA) is 72.6 Å². The van der Waals surface area contributed by atoms with Crippen molar-refractivity contribution in [3.63, 3.8) is 0 Å². The van der Waals surface area contributed by atoms with E-state index in [4.69, 9.17) is 5.73 Å². The van der Waals surface area contributed by atoms with Gasteiger partial charge in [-0.15, -0.1) is 12.4 Å². The van der Waals surface area contributed by atoms with E-state index in [2.05, 4.69) is 18.6 Å². The normalized spacial score (nSPS) is 21.4. The molecule has 0 radical (unpaired) electrons. The molecule has 1 amide bonds. The van der Waals surface area contributed by atoms with E-state index >= 15 is 0 Å². The summed E-state index contributed by atoms with van der Waals surface area (Å²) >= 11 is 0. The van der Waals surface area contributed by atoms with Crippen LogP contribution < -0.4 is 5.73 Å². The number of amides is 1. The van der Waals surface area contributed by atoms with Crippen LogP contribution in [-0.2, 0) is 14.3 Å². The van der Waals surface area contributed by atoms with Crippen LogP contribution in [0.1, 0.15) is 39.5 Å². The molecular formula is C14H27ClN2O3. The van der Waals surface area contributed by atoms with E-state index < -0.39 is 0 Å². The third-order valence-corrected chi connectivity index (χ3v) is 3.53. The molecule has 118 valence electrons. The fourth-order valence-corrected chi connectivity index (χ4v) is 2.56. The van der Waals surface area contributed by atoms with E-state index in [1.165, 1.54) is 7.11 Å². The van der Waals surface area contributed by atoms with E-state index in [-0.39, 0.29) is 42.7 Å². The Morgan fingerprint density at radius 1 is 1.35 bits per heavy atom. The Kier molecular flexibility index (Phi) is 8.81. The number of hydrogen-bond donors (Lipinski definition) is 1. The second-order valence-corrected chi connectivity index (χ2v) is 5.77. The summed E-state index contributed by atoms with van der Waals surface area (Å²) in [6.45, 7) is 5.26. The molecule has 0 aromatic heterocycles. The van der Waals surface area contributed by atoms with Crippen molar-refractivity contribution in [1.82, 2.24) is 4.90 Å². The predicted molar refractivity (Wildman–Crippen MR) is 80.6 cm³/mol. The second-order valence-electron chi connectivity index (χ2n) is 5.77. The van der Waals surface area contributed by atoms with Crippen LogP contribution >= 0.6 is 12.4 Å². The number of nitrogens with zero attached hydrogens (tertiary/aromatic N) is 1. The van der Waals surface area contributed by atoms with Gasteiger partial charge in [-0.25, -0.2) is 0 Å². The van der Waals surface area contributed by atoms with Crippen molar-refractivity contribution in [2.45, 2.75) is 45.6 Å².